The van der Waals surface area contributed by atoms with Crippen LogP contribution >= 0.6 is 0 Å². The van der Waals surface area contributed by atoms with Gasteiger partial charge in [0.25, 0.3) is 0 Å². The summed E-state index contributed by atoms with van der Waals surface area (Å²) in [5.74, 6) is 0.602. The maximum Gasteiger partial charge on any atom is 0.246 e. The number of nitrogens with one attached hydrogen (secondary N) is 1. The highest BCUT2D eigenvalue weighted by Crippen LogP contribution is 2.51. The maximum atomic E-state index is 12.6. The zero-order chi connectivity index (χ0) is 21.5. The number of fused-ring (bicyclic) bond motifs is 3. The van der Waals surface area contributed by atoms with Crippen LogP contribution in [0.4, 0.5) is 0 Å². The van der Waals surface area contributed by atoms with E-state index in [1.807, 2.05) is 0 Å². The molecular weight excluding hydrogens is 404 g/mol. The molecule has 0 radical (unpaired) electrons. The van der Waals surface area contributed by atoms with E-state index in [9.17, 15) is 4.79 Å². The van der Waals surface area contributed by atoms with Crippen LogP contribution in [0.3, 0.4) is 0 Å². The van der Waals surface area contributed by atoms with E-state index in [0.29, 0.717) is 18.5 Å². The molecule has 2 fully saturated rings. The summed E-state index contributed by atoms with van der Waals surface area (Å²) in [7, 11) is 0. The van der Waals surface area contributed by atoms with Gasteiger partial charge in [-0.3, -0.25) is 14.6 Å². The fourth-order valence-corrected chi connectivity index (χ4v) is 6.46. The Morgan fingerprint density at radius 3 is 2.94 bits per heavy atom. The number of piperidine rings is 1. The zero-order valence-electron chi connectivity index (χ0n) is 18.8. The zero-order valence-corrected chi connectivity index (χ0v) is 18.8. The van der Waals surface area contributed by atoms with Crippen molar-refractivity contribution in [2.45, 2.75) is 38.0 Å². The number of hydrogen-bond donors (Lipinski definition) is 1. The molecule has 1 aromatic heterocycles. The summed E-state index contributed by atoms with van der Waals surface area (Å²) in [5, 5.41) is 4.42. The molecule has 0 aliphatic carbocycles. The summed E-state index contributed by atoms with van der Waals surface area (Å²) in [6.07, 6.45) is 4.57. The third kappa shape index (κ3) is 3.65. The van der Waals surface area contributed by atoms with E-state index in [2.05, 4.69) is 43.9 Å². The van der Waals surface area contributed by atoms with E-state index in [1.165, 1.54) is 48.1 Å². The summed E-state index contributed by atoms with van der Waals surface area (Å²) in [6, 6.07) is 9.27. The van der Waals surface area contributed by atoms with Crippen molar-refractivity contribution >= 4 is 16.8 Å². The number of benzene rings is 1. The van der Waals surface area contributed by atoms with Gasteiger partial charge in [-0.15, -0.1) is 0 Å². The minimum absolute atomic E-state index is 0.0176. The van der Waals surface area contributed by atoms with Crippen molar-refractivity contribution in [3.63, 3.8) is 0 Å². The molecule has 1 aromatic carbocycles. The Bertz CT molecular complexity index is 983. The summed E-state index contributed by atoms with van der Waals surface area (Å²) < 4.78 is 14.2. The van der Waals surface area contributed by atoms with E-state index in [0.717, 1.165) is 45.7 Å². The number of carbonyl (C=O) groups excluding carboxylic acids is 1. The third-order valence-electron chi connectivity index (χ3n) is 7.90. The van der Waals surface area contributed by atoms with Gasteiger partial charge in [0.1, 0.15) is 12.8 Å². The van der Waals surface area contributed by atoms with Gasteiger partial charge in [-0.25, -0.2) is 0 Å². The number of amides is 1. The topological polar surface area (TPSA) is 59.0 Å². The van der Waals surface area contributed by atoms with Crippen LogP contribution in [-0.2, 0) is 20.7 Å². The van der Waals surface area contributed by atoms with Crippen LogP contribution in [0.2, 0.25) is 0 Å². The smallest absolute Gasteiger partial charge is 0.246 e. The molecule has 0 spiro atoms. The summed E-state index contributed by atoms with van der Waals surface area (Å²) >= 11 is 0. The van der Waals surface area contributed by atoms with Crippen molar-refractivity contribution in [1.29, 1.82) is 0 Å². The number of carbonyl (C=O) groups is 1. The molecule has 2 aromatic rings. The van der Waals surface area contributed by atoms with E-state index in [-0.39, 0.29) is 18.7 Å². The lowest BCUT2D eigenvalue weighted by molar-refractivity contribution is -0.132. The predicted octanol–water partition coefficient (Wildman–Crippen LogP) is 2.32. The average molecular weight is 439 g/mol. The molecule has 4 aliphatic heterocycles. The first-order valence-corrected chi connectivity index (χ1v) is 12.3. The lowest BCUT2D eigenvalue weighted by Crippen LogP contribution is -2.47. The highest BCUT2D eigenvalue weighted by molar-refractivity contribution is 5.86. The van der Waals surface area contributed by atoms with Gasteiger partial charge in [-0.1, -0.05) is 18.2 Å². The Kier molecular flexibility index (Phi) is 5.67. The standard InChI is InChI=1S/C25H34N4O3/c30-22(26-8-11-27-12-14-31-15-13-27)17-32-23-16-18-4-3-9-28-10-7-20-19-5-1-2-6-21(19)29(23)25(20)24(18)28/h1-2,5-6,18,23-24H,3-4,7-17H2,(H,26,30)/t18-,23?,24-/m1/s1. The molecule has 7 nitrogen and oxygen atoms in total. The van der Waals surface area contributed by atoms with E-state index < -0.39 is 0 Å². The van der Waals surface area contributed by atoms with Gasteiger partial charge in [0.05, 0.1) is 24.8 Å². The van der Waals surface area contributed by atoms with Gasteiger partial charge < -0.3 is 19.4 Å². The van der Waals surface area contributed by atoms with Crippen LogP contribution in [0.15, 0.2) is 24.3 Å². The van der Waals surface area contributed by atoms with E-state index in [1.54, 1.807) is 0 Å². The van der Waals surface area contributed by atoms with Crippen LogP contribution in [-0.4, -0.2) is 79.4 Å². The van der Waals surface area contributed by atoms with Crippen LogP contribution in [0.5, 0.6) is 0 Å². The Balaban J connectivity index is 1.18. The van der Waals surface area contributed by atoms with Crippen molar-refractivity contribution in [3.8, 4) is 0 Å². The van der Waals surface area contributed by atoms with Gasteiger partial charge in [0, 0.05) is 43.8 Å². The van der Waals surface area contributed by atoms with Crippen LogP contribution in [0, 0.1) is 5.92 Å². The van der Waals surface area contributed by atoms with Gasteiger partial charge in [0.2, 0.25) is 5.91 Å². The molecule has 2 saturated heterocycles. The molecule has 0 bridgehead atoms. The number of hydrogen-bond acceptors (Lipinski definition) is 5. The summed E-state index contributed by atoms with van der Waals surface area (Å²) in [5.41, 5.74) is 4.24. The highest BCUT2D eigenvalue weighted by atomic mass is 16.5. The molecule has 32 heavy (non-hydrogen) atoms. The van der Waals surface area contributed by atoms with Gasteiger partial charge >= 0.3 is 0 Å². The predicted molar refractivity (Wildman–Crippen MR) is 123 cm³/mol. The van der Waals surface area contributed by atoms with E-state index >= 15 is 0 Å². The molecule has 4 aliphatic rings. The molecule has 0 saturated carbocycles. The molecule has 7 heteroatoms. The first kappa shape index (κ1) is 20.7. The number of morpholine rings is 1. The van der Waals surface area contributed by atoms with Crippen molar-refractivity contribution in [1.82, 2.24) is 19.7 Å². The molecule has 1 amide bonds. The van der Waals surface area contributed by atoms with Crippen LogP contribution in [0.1, 0.15) is 42.8 Å². The Morgan fingerprint density at radius 2 is 2.03 bits per heavy atom. The molecular formula is C25H34N4O3. The number of aromatic nitrogens is 1. The molecule has 1 N–H and O–H groups in total. The summed E-state index contributed by atoms with van der Waals surface area (Å²) in [6.45, 7) is 7.48. The first-order valence-electron chi connectivity index (χ1n) is 12.3. The van der Waals surface area contributed by atoms with E-state index in [4.69, 9.17) is 9.47 Å². The van der Waals surface area contributed by atoms with Crippen LogP contribution < -0.4 is 5.32 Å². The van der Waals surface area contributed by atoms with Crippen molar-refractivity contribution in [2.24, 2.45) is 5.92 Å². The second kappa shape index (κ2) is 8.78. The second-order valence-electron chi connectivity index (χ2n) is 9.69. The Morgan fingerprint density at radius 1 is 1.16 bits per heavy atom. The monoisotopic (exact) mass is 438 g/mol. The fraction of sp³-hybridized carbons (Fsp3) is 0.640. The van der Waals surface area contributed by atoms with Crippen molar-refractivity contribution in [3.05, 3.63) is 35.5 Å². The number of rotatable bonds is 6. The van der Waals surface area contributed by atoms with Gasteiger partial charge in [-0.2, -0.15) is 0 Å². The largest absolute Gasteiger partial charge is 0.379 e. The fourth-order valence-electron chi connectivity index (χ4n) is 6.46. The first-order chi connectivity index (χ1) is 15.8. The van der Waals surface area contributed by atoms with Gasteiger partial charge in [-0.05, 0) is 49.8 Å². The minimum Gasteiger partial charge on any atom is -0.379 e. The summed E-state index contributed by atoms with van der Waals surface area (Å²) in [4.78, 5) is 17.6. The maximum absolute atomic E-state index is 12.6. The quantitative estimate of drug-likeness (QED) is 0.750. The number of ether oxygens (including phenoxy) is 2. The lowest BCUT2D eigenvalue weighted by Gasteiger charge is -2.49. The molecule has 5 heterocycles. The van der Waals surface area contributed by atoms with Gasteiger partial charge in [0.15, 0.2) is 0 Å². The SMILES string of the molecule is O=C(COC1C[C@H]2CCCN3CCc4c(n1c1ccccc41)[C@@H]23)NCCN1CCOCC1. The number of para-hydroxylation sites is 1. The average Bonchev–Trinajstić information content (AvgIpc) is 3.18. The molecule has 172 valence electrons. The third-order valence-corrected chi connectivity index (χ3v) is 7.90. The lowest BCUT2D eigenvalue weighted by atomic mass is 9.78. The molecule has 1 unspecified atom stereocenters. The van der Waals surface area contributed by atoms with Crippen LogP contribution in [0.25, 0.3) is 10.9 Å². The van der Waals surface area contributed by atoms with Crippen molar-refractivity contribution < 1.29 is 14.3 Å². The Labute approximate surface area is 189 Å². The highest BCUT2D eigenvalue weighted by Gasteiger charge is 2.45. The number of nitrogens with zero attached hydrogens (tertiary/aromatic N) is 3. The van der Waals surface area contributed by atoms with Crippen molar-refractivity contribution in [2.75, 3.05) is 59.1 Å². The Hall–Kier alpha value is -1.93. The molecule has 3 atom stereocenters. The normalized spacial score (nSPS) is 27.9. The molecule has 6 rings (SSSR count). The second-order valence-corrected chi connectivity index (χ2v) is 9.69. The minimum atomic E-state index is -0.0621.